The molecule has 1 unspecified atom stereocenters. The number of hydrogen-bond acceptors (Lipinski definition) is 4. The van der Waals surface area contributed by atoms with E-state index in [1.165, 1.54) is 11.8 Å². The molecular formula is C18H16ClN3OS. The van der Waals surface area contributed by atoms with Crippen molar-refractivity contribution >= 4 is 35.0 Å². The van der Waals surface area contributed by atoms with Crippen molar-refractivity contribution in [2.75, 3.05) is 5.32 Å². The van der Waals surface area contributed by atoms with Crippen molar-refractivity contribution in [1.29, 1.82) is 5.26 Å². The molecule has 0 bridgehead atoms. The number of aryl methyl sites for hydroxylation is 2. The van der Waals surface area contributed by atoms with Crippen LogP contribution in [0.25, 0.3) is 0 Å². The minimum atomic E-state index is -0.372. The van der Waals surface area contributed by atoms with E-state index in [0.717, 1.165) is 30.5 Å². The van der Waals surface area contributed by atoms with Gasteiger partial charge in [0.2, 0.25) is 5.91 Å². The number of nitriles is 1. The minimum Gasteiger partial charge on any atom is -0.325 e. The summed E-state index contributed by atoms with van der Waals surface area (Å²) in [4.78, 5) is 17.0. The summed E-state index contributed by atoms with van der Waals surface area (Å²) in [6.45, 7) is 1.81. The van der Waals surface area contributed by atoms with Gasteiger partial charge in [-0.2, -0.15) is 5.26 Å². The van der Waals surface area contributed by atoms with Gasteiger partial charge in [-0.25, -0.2) is 4.98 Å². The summed E-state index contributed by atoms with van der Waals surface area (Å²) in [5, 5.41) is 13.0. The molecule has 3 rings (SSSR count). The molecule has 6 heteroatoms. The number of carbonyl (C=O) groups excluding carboxylic acids is 1. The molecule has 0 spiro atoms. The second-order valence-corrected chi connectivity index (χ2v) is 7.44. The van der Waals surface area contributed by atoms with Crippen molar-refractivity contribution in [3.63, 3.8) is 0 Å². The number of halogens is 1. The van der Waals surface area contributed by atoms with Gasteiger partial charge in [0.05, 0.1) is 10.8 Å². The molecule has 2 aromatic rings. The molecule has 1 aromatic carbocycles. The molecule has 122 valence electrons. The Balaban J connectivity index is 1.73. The van der Waals surface area contributed by atoms with Crippen molar-refractivity contribution in [2.45, 2.75) is 36.5 Å². The van der Waals surface area contributed by atoms with Gasteiger partial charge in [0.1, 0.15) is 11.1 Å². The van der Waals surface area contributed by atoms with Gasteiger partial charge in [-0.1, -0.05) is 29.4 Å². The zero-order chi connectivity index (χ0) is 17.1. The van der Waals surface area contributed by atoms with Crippen LogP contribution in [0.1, 0.15) is 30.2 Å². The first-order valence-electron chi connectivity index (χ1n) is 7.73. The van der Waals surface area contributed by atoms with Gasteiger partial charge in [-0.3, -0.25) is 4.79 Å². The van der Waals surface area contributed by atoms with Gasteiger partial charge >= 0.3 is 0 Å². The molecule has 1 heterocycles. The average Bonchev–Trinajstić information content (AvgIpc) is 3.01. The van der Waals surface area contributed by atoms with Crippen LogP contribution in [0, 0.1) is 11.3 Å². The first kappa shape index (κ1) is 16.8. The third-order valence-electron chi connectivity index (χ3n) is 3.89. The van der Waals surface area contributed by atoms with E-state index in [1.54, 1.807) is 31.2 Å². The normalized spacial score (nSPS) is 13.9. The standard InChI is InChI=1S/C18H16ClN3OS/c1-11(17(23)21-15-6-3-5-14(19)9-15)24-18-13(10-20)8-12-4-2-7-16(12)22-18/h3,5-6,8-9,11H,2,4,7H2,1H3,(H,21,23). The second-order valence-electron chi connectivity index (χ2n) is 5.67. The molecule has 24 heavy (non-hydrogen) atoms. The quantitative estimate of drug-likeness (QED) is 0.832. The summed E-state index contributed by atoms with van der Waals surface area (Å²) >= 11 is 7.24. The van der Waals surface area contributed by atoms with Gasteiger partial charge in [-0.15, -0.1) is 0 Å². The van der Waals surface area contributed by atoms with E-state index in [-0.39, 0.29) is 11.2 Å². The van der Waals surface area contributed by atoms with Gasteiger partial charge < -0.3 is 5.32 Å². The van der Waals surface area contributed by atoms with Gasteiger partial charge in [-0.05, 0) is 56.0 Å². The largest absolute Gasteiger partial charge is 0.325 e. The van der Waals surface area contributed by atoms with E-state index < -0.39 is 0 Å². The fourth-order valence-electron chi connectivity index (χ4n) is 2.65. The van der Waals surface area contributed by atoms with E-state index in [1.807, 2.05) is 6.07 Å². The number of pyridine rings is 1. The number of aromatic nitrogens is 1. The first-order valence-corrected chi connectivity index (χ1v) is 8.98. The molecule has 1 aliphatic carbocycles. The molecule has 0 fully saturated rings. The number of benzene rings is 1. The first-order chi connectivity index (χ1) is 11.6. The summed E-state index contributed by atoms with van der Waals surface area (Å²) in [5.41, 5.74) is 3.41. The predicted octanol–water partition coefficient (Wildman–Crippen LogP) is 4.21. The SMILES string of the molecule is CC(Sc1nc2c(cc1C#N)CCC2)C(=O)Nc1cccc(Cl)c1. The number of nitrogens with one attached hydrogen (secondary N) is 1. The summed E-state index contributed by atoms with van der Waals surface area (Å²) in [7, 11) is 0. The molecular weight excluding hydrogens is 342 g/mol. The van der Waals surface area contributed by atoms with Crippen molar-refractivity contribution in [1.82, 2.24) is 4.98 Å². The fourth-order valence-corrected chi connectivity index (χ4v) is 3.74. The number of carbonyl (C=O) groups is 1. The van der Waals surface area contributed by atoms with Crippen LogP contribution in [0.3, 0.4) is 0 Å². The van der Waals surface area contributed by atoms with Crippen molar-refractivity contribution in [3.8, 4) is 6.07 Å². The Morgan fingerprint density at radius 2 is 2.25 bits per heavy atom. The van der Waals surface area contributed by atoms with Crippen LogP contribution >= 0.6 is 23.4 Å². The monoisotopic (exact) mass is 357 g/mol. The summed E-state index contributed by atoms with van der Waals surface area (Å²) in [5.74, 6) is -0.145. The molecule has 0 saturated carbocycles. The predicted molar refractivity (Wildman–Crippen MR) is 96.4 cm³/mol. The van der Waals surface area contributed by atoms with Crippen LogP contribution in [0.15, 0.2) is 35.4 Å². The molecule has 4 nitrogen and oxygen atoms in total. The maximum Gasteiger partial charge on any atom is 0.237 e. The highest BCUT2D eigenvalue weighted by Gasteiger charge is 2.21. The fraction of sp³-hybridized carbons (Fsp3) is 0.278. The Morgan fingerprint density at radius 1 is 1.42 bits per heavy atom. The van der Waals surface area contributed by atoms with Crippen LogP contribution in [-0.4, -0.2) is 16.1 Å². The lowest BCUT2D eigenvalue weighted by atomic mass is 10.2. The van der Waals surface area contributed by atoms with Crippen LogP contribution < -0.4 is 5.32 Å². The van der Waals surface area contributed by atoms with Crippen molar-refractivity contribution in [3.05, 3.63) is 52.2 Å². The highest BCUT2D eigenvalue weighted by atomic mass is 35.5. The highest BCUT2D eigenvalue weighted by molar-refractivity contribution is 8.00. The van der Waals surface area contributed by atoms with Gasteiger partial charge in [0, 0.05) is 16.4 Å². The summed E-state index contributed by atoms with van der Waals surface area (Å²) < 4.78 is 0. The average molecular weight is 358 g/mol. The third-order valence-corrected chi connectivity index (χ3v) is 5.22. The van der Waals surface area contributed by atoms with Crippen LogP contribution in [-0.2, 0) is 17.6 Å². The number of thioether (sulfide) groups is 1. The zero-order valence-electron chi connectivity index (χ0n) is 13.2. The van der Waals surface area contributed by atoms with E-state index in [9.17, 15) is 10.1 Å². The Morgan fingerprint density at radius 3 is 3.00 bits per heavy atom. The Hall–Kier alpha value is -2.03. The molecule has 1 N–H and O–H groups in total. The number of hydrogen-bond donors (Lipinski definition) is 1. The second kappa shape index (κ2) is 7.25. The molecule has 0 radical (unpaired) electrons. The molecule has 1 aromatic heterocycles. The van der Waals surface area contributed by atoms with E-state index in [0.29, 0.717) is 21.3 Å². The number of amides is 1. The number of fused-ring (bicyclic) bond motifs is 1. The lowest BCUT2D eigenvalue weighted by Gasteiger charge is -2.13. The van der Waals surface area contributed by atoms with Crippen molar-refractivity contribution in [2.24, 2.45) is 0 Å². The van der Waals surface area contributed by atoms with Crippen molar-refractivity contribution < 1.29 is 4.79 Å². The molecule has 1 aliphatic rings. The molecule has 0 aliphatic heterocycles. The number of nitrogens with zero attached hydrogens (tertiary/aromatic N) is 2. The van der Waals surface area contributed by atoms with Crippen LogP contribution in [0.5, 0.6) is 0 Å². The van der Waals surface area contributed by atoms with E-state index in [2.05, 4.69) is 16.4 Å². The van der Waals surface area contributed by atoms with Crippen LogP contribution in [0.4, 0.5) is 5.69 Å². The highest BCUT2D eigenvalue weighted by Crippen LogP contribution is 2.30. The topological polar surface area (TPSA) is 65.8 Å². The van der Waals surface area contributed by atoms with Gasteiger partial charge in [0.15, 0.2) is 0 Å². The lowest BCUT2D eigenvalue weighted by molar-refractivity contribution is -0.115. The Bertz CT molecular complexity index is 831. The lowest BCUT2D eigenvalue weighted by Crippen LogP contribution is -2.22. The maximum absolute atomic E-state index is 12.4. The molecule has 1 atom stereocenters. The van der Waals surface area contributed by atoms with Gasteiger partial charge in [0.25, 0.3) is 0 Å². The zero-order valence-corrected chi connectivity index (χ0v) is 14.7. The number of rotatable bonds is 4. The third kappa shape index (κ3) is 3.72. The van der Waals surface area contributed by atoms with E-state index in [4.69, 9.17) is 11.6 Å². The maximum atomic E-state index is 12.4. The van der Waals surface area contributed by atoms with Crippen LogP contribution in [0.2, 0.25) is 5.02 Å². The number of anilines is 1. The molecule has 0 saturated heterocycles. The van der Waals surface area contributed by atoms with E-state index >= 15 is 0 Å². The molecule has 1 amide bonds. The Labute approximate surface area is 150 Å². The smallest absolute Gasteiger partial charge is 0.237 e. The summed E-state index contributed by atoms with van der Waals surface area (Å²) in [6, 6.07) is 11.1. The minimum absolute atomic E-state index is 0.145. The Kier molecular flexibility index (Phi) is 5.08. The summed E-state index contributed by atoms with van der Waals surface area (Å²) in [6.07, 6.45) is 3.00.